The van der Waals surface area contributed by atoms with Crippen LogP contribution < -0.4 is 16.6 Å². The molecule has 0 amide bonds. The third-order valence-electron chi connectivity index (χ3n) is 3.70. The summed E-state index contributed by atoms with van der Waals surface area (Å²) in [4.78, 5) is 18.5. The molecule has 0 saturated heterocycles. The van der Waals surface area contributed by atoms with Crippen LogP contribution in [0.3, 0.4) is 0 Å². The van der Waals surface area contributed by atoms with Crippen LogP contribution in [0.5, 0.6) is 0 Å². The van der Waals surface area contributed by atoms with Crippen molar-refractivity contribution in [2.24, 2.45) is 11.1 Å². The van der Waals surface area contributed by atoms with E-state index in [0.29, 0.717) is 24.6 Å². The Balaban J connectivity index is 2.79. The van der Waals surface area contributed by atoms with E-state index in [1.807, 2.05) is 6.92 Å². The Morgan fingerprint density at radius 1 is 1.39 bits per heavy atom. The minimum absolute atomic E-state index is 0.0800. The van der Waals surface area contributed by atoms with Crippen molar-refractivity contribution in [3.63, 3.8) is 0 Å². The van der Waals surface area contributed by atoms with Crippen molar-refractivity contribution in [1.29, 1.82) is 0 Å². The smallest absolute Gasteiger partial charge is 0.252 e. The highest BCUT2D eigenvalue weighted by Crippen LogP contribution is 2.24. The molecule has 1 rings (SSSR count). The van der Waals surface area contributed by atoms with Gasteiger partial charge in [0.25, 0.3) is 5.56 Å². The van der Waals surface area contributed by atoms with Crippen molar-refractivity contribution >= 4 is 5.82 Å². The van der Waals surface area contributed by atoms with E-state index in [-0.39, 0.29) is 11.0 Å². The summed E-state index contributed by atoms with van der Waals surface area (Å²) in [5.41, 5.74) is 5.82. The van der Waals surface area contributed by atoms with Gasteiger partial charge < -0.3 is 16.0 Å². The normalized spacial score (nSPS) is 11.6. The molecule has 0 aliphatic carbocycles. The summed E-state index contributed by atoms with van der Waals surface area (Å²) in [6.45, 7) is 7.62. The van der Waals surface area contributed by atoms with Crippen LogP contribution in [0.2, 0.25) is 0 Å². The Hall–Kier alpha value is -1.36. The van der Waals surface area contributed by atoms with E-state index >= 15 is 0 Å². The molecule has 1 aromatic heterocycles. The molecule has 0 aliphatic rings. The van der Waals surface area contributed by atoms with Gasteiger partial charge in [-0.25, -0.2) is 4.98 Å². The zero-order valence-corrected chi connectivity index (χ0v) is 11.5. The van der Waals surface area contributed by atoms with Crippen LogP contribution in [0.25, 0.3) is 0 Å². The number of hydrogen-bond acceptors (Lipinski definition) is 4. The van der Waals surface area contributed by atoms with Gasteiger partial charge in [0.2, 0.25) is 0 Å². The Morgan fingerprint density at radius 3 is 2.56 bits per heavy atom. The number of nitrogens with zero attached hydrogens (tertiary/aromatic N) is 1. The van der Waals surface area contributed by atoms with Gasteiger partial charge in [-0.15, -0.1) is 0 Å². The number of nitrogens with two attached hydrogens (primary N) is 1. The van der Waals surface area contributed by atoms with Gasteiger partial charge in [-0.05, 0) is 24.8 Å². The summed E-state index contributed by atoms with van der Waals surface area (Å²) in [5.74, 6) is 1.34. The van der Waals surface area contributed by atoms with Crippen LogP contribution in [-0.2, 0) is 6.42 Å². The van der Waals surface area contributed by atoms with Crippen molar-refractivity contribution in [3.8, 4) is 0 Å². The summed E-state index contributed by atoms with van der Waals surface area (Å²) in [6, 6.07) is 1.49. The lowest BCUT2D eigenvalue weighted by Gasteiger charge is -2.30. The summed E-state index contributed by atoms with van der Waals surface area (Å²) in [5, 5.41) is 3.24. The predicted octanol–water partition coefficient (Wildman–Crippen LogP) is 1.51. The number of rotatable bonds is 7. The summed E-state index contributed by atoms with van der Waals surface area (Å²) in [7, 11) is 0. The van der Waals surface area contributed by atoms with Crippen LogP contribution in [0.1, 0.15) is 39.4 Å². The maximum absolute atomic E-state index is 11.4. The topological polar surface area (TPSA) is 83.8 Å². The Kier molecular flexibility index (Phi) is 5.34. The number of aryl methyl sites for hydroxylation is 1. The van der Waals surface area contributed by atoms with Crippen LogP contribution >= 0.6 is 0 Å². The zero-order chi connectivity index (χ0) is 13.6. The van der Waals surface area contributed by atoms with Crippen molar-refractivity contribution in [2.75, 3.05) is 18.4 Å². The van der Waals surface area contributed by atoms with Crippen LogP contribution in [0, 0.1) is 5.41 Å². The first kappa shape index (κ1) is 14.7. The second-order valence-electron chi connectivity index (χ2n) is 4.70. The minimum atomic E-state index is -0.115. The monoisotopic (exact) mass is 252 g/mol. The predicted molar refractivity (Wildman–Crippen MR) is 74.8 cm³/mol. The van der Waals surface area contributed by atoms with E-state index in [9.17, 15) is 4.79 Å². The van der Waals surface area contributed by atoms with Crippen molar-refractivity contribution in [2.45, 2.75) is 40.0 Å². The summed E-state index contributed by atoms with van der Waals surface area (Å²) >= 11 is 0. The molecule has 1 aromatic rings. The number of hydrogen-bond donors (Lipinski definition) is 3. The maximum Gasteiger partial charge on any atom is 0.252 e. The fraction of sp³-hybridized carbons (Fsp3) is 0.692. The summed E-state index contributed by atoms with van der Waals surface area (Å²) < 4.78 is 0. The number of H-pyrrole nitrogens is 1. The molecule has 0 radical (unpaired) electrons. The van der Waals surface area contributed by atoms with E-state index in [2.05, 4.69) is 29.1 Å². The molecule has 102 valence electrons. The van der Waals surface area contributed by atoms with Gasteiger partial charge in [-0.2, -0.15) is 0 Å². The lowest BCUT2D eigenvalue weighted by atomic mass is 9.82. The quantitative estimate of drug-likeness (QED) is 0.687. The van der Waals surface area contributed by atoms with Crippen molar-refractivity contribution in [1.82, 2.24) is 9.97 Å². The van der Waals surface area contributed by atoms with Gasteiger partial charge in [0.05, 0.1) is 0 Å². The van der Waals surface area contributed by atoms with Crippen LogP contribution in [0.4, 0.5) is 5.82 Å². The molecular formula is C13H24N4O. The van der Waals surface area contributed by atoms with E-state index < -0.39 is 0 Å². The fourth-order valence-corrected chi connectivity index (χ4v) is 1.91. The van der Waals surface area contributed by atoms with Gasteiger partial charge >= 0.3 is 0 Å². The van der Waals surface area contributed by atoms with Crippen LogP contribution in [-0.4, -0.2) is 23.1 Å². The standard InChI is InChI=1S/C13H24N4O/c1-4-10-16-11(7-12(18)17-10)15-9-13(5-2,6-3)8-14/h7H,4-6,8-9,14H2,1-3H3,(H2,15,16,17,18). The molecule has 0 atom stereocenters. The highest BCUT2D eigenvalue weighted by atomic mass is 16.1. The first-order valence-corrected chi connectivity index (χ1v) is 6.63. The molecule has 5 heteroatoms. The maximum atomic E-state index is 11.4. The molecule has 0 aliphatic heterocycles. The van der Waals surface area contributed by atoms with Gasteiger partial charge in [-0.1, -0.05) is 20.8 Å². The van der Waals surface area contributed by atoms with E-state index in [4.69, 9.17) is 5.73 Å². The number of anilines is 1. The first-order valence-electron chi connectivity index (χ1n) is 6.63. The molecule has 0 saturated carbocycles. The lowest BCUT2D eigenvalue weighted by molar-refractivity contribution is 0.294. The van der Waals surface area contributed by atoms with Crippen molar-refractivity contribution < 1.29 is 0 Å². The van der Waals surface area contributed by atoms with Gasteiger partial charge in [0.1, 0.15) is 11.6 Å². The van der Waals surface area contributed by atoms with E-state index in [0.717, 1.165) is 19.4 Å². The first-order chi connectivity index (χ1) is 8.59. The van der Waals surface area contributed by atoms with Crippen molar-refractivity contribution in [3.05, 3.63) is 22.2 Å². The molecule has 18 heavy (non-hydrogen) atoms. The van der Waals surface area contributed by atoms with Gasteiger partial charge in [0.15, 0.2) is 0 Å². The average Bonchev–Trinajstić information content (AvgIpc) is 2.40. The molecule has 0 spiro atoms. The lowest BCUT2D eigenvalue weighted by Crippen LogP contribution is -2.36. The second kappa shape index (κ2) is 6.54. The number of aromatic nitrogens is 2. The minimum Gasteiger partial charge on any atom is -0.369 e. The zero-order valence-electron chi connectivity index (χ0n) is 11.5. The fourth-order valence-electron chi connectivity index (χ4n) is 1.91. The largest absolute Gasteiger partial charge is 0.369 e. The molecular weight excluding hydrogens is 228 g/mol. The number of aromatic amines is 1. The van der Waals surface area contributed by atoms with Gasteiger partial charge in [-0.3, -0.25) is 4.79 Å². The van der Waals surface area contributed by atoms with Gasteiger partial charge in [0, 0.05) is 19.0 Å². The van der Waals surface area contributed by atoms with Crippen LogP contribution in [0.15, 0.2) is 10.9 Å². The molecule has 5 nitrogen and oxygen atoms in total. The SMILES string of the molecule is CCc1nc(NCC(CC)(CC)CN)cc(=O)[nH]1. The van der Waals surface area contributed by atoms with E-state index in [1.165, 1.54) is 6.07 Å². The average molecular weight is 252 g/mol. The molecule has 0 bridgehead atoms. The third-order valence-corrected chi connectivity index (χ3v) is 3.70. The molecule has 4 N–H and O–H groups in total. The second-order valence-corrected chi connectivity index (χ2v) is 4.70. The highest BCUT2D eigenvalue weighted by Gasteiger charge is 2.24. The number of nitrogens with one attached hydrogen (secondary N) is 2. The Labute approximate surface area is 108 Å². The molecule has 1 heterocycles. The molecule has 0 aromatic carbocycles. The Bertz CT molecular complexity index is 415. The van der Waals surface area contributed by atoms with E-state index in [1.54, 1.807) is 0 Å². The third kappa shape index (κ3) is 3.57. The molecule has 0 fully saturated rings. The summed E-state index contributed by atoms with van der Waals surface area (Å²) in [6.07, 6.45) is 2.74. The Morgan fingerprint density at radius 2 is 2.06 bits per heavy atom. The molecule has 0 unspecified atom stereocenters. The highest BCUT2D eigenvalue weighted by molar-refractivity contribution is 5.33.